The van der Waals surface area contributed by atoms with Crippen LogP contribution in [0.25, 0.3) is 5.65 Å². The first kappa shape index (κ1) is 10.2. The van der Waals surface area contributed by atoms with Crippen molar-refractivity contribution in [3.8, 4) is 0 Å². The molecule has 2 aliphatic carbocycles. The quantitative estimate of drug-likeness (QED) is 0.860. The first-order valence-electron chi connectivity index (χ1n) is 6.60. The number of rotatable bonds is 4. The van der Waals surface area contributed by atoms with E-state index in [-0.39, 0.29) is 0 Å². The van der Waals surface area contributed by atoms with Crippen molar-refractivity contribution in [3.05, 3.63) is 18.6 Å². The SMILES string of the molecule is Nc1cn2ccnc2c(NCC2(C3CC3)CC2)n1. The number of nitrogens with zero attached hydrogens (tertiary/aromatic N) is 3. The lowest BCUT2D eigenvalue weighted by Gasteiger charge is -2.16. The predicted octanol–water partition coefficient (Wildman–Crippen LogP) is 1.91. The van der Waals surface area contributed by atoms with Crippen molar-refractivity contribution in [2.24, 2.45) is 11.3 Å². The van der Waals surface area contributed by atoms with E-state index in [0.29, 0.717) is 11.2 Å². The summed E-state index contributed by atoms with van der Waals surface area (Å²) in [6.07, 6.45) is 11.0. The molecule has 2 aromatic heterocycles. The Morgan fingerprint density at radius 3 is 3.00 bits per heavy atom. The fraction of sp³-hybridized carbons (Fsp3) is 0.538. The summed E-state index contributed by atoms with van der Waals surface area (Å²) in [5.74, 6) is 2.29. The largest absolute Gasteiger partial charge is 0.382 e. The highest BCUT2D eigenvalue weighted by atomic mass is 15.1. The van der Waals surface area contributed by atoms with Crippen LogP contribution in [0.4, 0.5) is 11.6 Å². The molecule has 2 heterocycles. The molecular weight excluding hydrogens is 226 g/mol. The Balaban J connectivity index is 1.60. The summed E-state index contributed by atoms with van der Waals surface area (Å²) >= 11 is 0. The first-order chi connectivity index (χ1) is 8.77. The maximum atomic E-state index is 5.81. The second-order valence-corrected chi connectivity index (χ2v) is 5.66. The average Bonchev–Trinajstić information content (AvgIpc) is 3.23. The molecule has 2 aliphatic rings. The van der Waals surface area contributed by atoms with Crippen LogP contribution in [-0.4, -0.2) is 20.9 Å². The predicted molar refractivity (Wildman–Crippen MR) is 70.3 cm³/mol. The van der Waals surface area contributed by atoms with E-state index >= 15 is 0 Å². The van der Waals surface area contributed by atoms with Crippen molar-refractivity contribution in [1.82, 2.24) is 14.4 Å². The van der Waals surface area contributed by atoms with Gasteiger partial charge in [-0.2, -0.15) is 0 Å². The Kier molecular flexibility index (Phi) is 1.90. The van der Waals surface area contributed by atoms with E-state index in [4.69, 9.17) is 5.73 Å². The molecule has 94 valence electrons. The molecule has 0 bridgehead atoms. The number of hydrogen-bond acceptors (Lipinski definition) is 4. The summed E-state index contributed by atoms with van der Waals surface area (Å²) < 4.78 is 1.92. The molecule has 18 heavy (non-hydrogen) atoms. The third-order valence-electron chi connectivity index (χ3n) is 4.34. The molecule has 0 amide bonds. The summed E-state index contributed by atoms with van der Waals surface area (Å²) in [6, 6.07) is 0. The fourth-order valence-electron chi connectivity index (χ4n) is 2.92. The molecule has 0 radical (unpaired) electrons. The minimum atomic E-state index is 0.527. The Labute approximate surface area is 105 Å². The Hall–Kier alpha value is -1.78. The average molecular weight is 243 g/mol. The minimum absolute atomic E-state index is 0.527. The van der Waals surface area contributed by atoms with Gasteiger partial charge in [-0.05, 0) is 37.0 Å². The molecule has 0 spiro atoms. The highest BCUT2D eigenvalue weighted by molar-refractivity contribution is 5.64. The normalized spacial score (nSPS) is 21.1. The van der Waals surface area contributed by atoms with Gasteiger partial charge in [0.25, 0.3) is 0 Å². The third kappa shape index (κ3) is 1.54. The fourth-order valence-corrected chi connectivity index (χ4v) is 2.92. The number of nitrogen functional groups attached to an aromatic ring is 1. The minimum Gasteiger partial charge on any atom is -0.382 e. The summed E-state index contributed by atoms with van der Waals surface area (Å²) in [4.78, 5) is 8.69. The smallest absolute Gasteiger partial charge is 0.180 e. The van der Waals surface area contributed by atoms with Gasteiger partial charge >= 0.3 is 0 Å². The van der Waals surface area contributed by atoms with Crippen LogP contribution in [0.1, 0.15) is 25.7 Å². The second kappa shape index (κ2) is 3.37. The zero-order valence-corrected chi connectivity index (χ0v) is 10.3. The van der Waals surface area contributed by atoms with Gasteiger partial charge in [0.2, 0.25) is 0 Å². The van der Waals surface area contributed by atoms with Gasteiger partial charge in [0, 0.05) is 18.9 Å². The van der Waals surface area contributed by atoms with Gasteiger partial charge in [-0.25, -0.2) is 9.97 Å². The second-order valence-electron chi connectivity index (χ2n) is 5.66. The number of fused-ring (bicyclic) bond motifs is 1. The van der Waals surface area contributed by atoms with Gasteiger partial charge < -0.3 is 15.5 Å². The molecule has 0 aromatic carbocycles. The molecule has 5 nitrogen and oxygen atoms in total. The van der Waals surface area contributed by atoms with Crippen molar-refractivity contribution in [2.45, 2.75) is 25.7 Å². The topological polar surface area (TPSA) is 68.2 Å². The highest BCUT2D eigenvalue weighted by Crippen LogP contribution is 2.61. The monoisotopic (exact) mass is 243 g/mol. The summed E-state index contributed by atoms with van der Waals surface area (Å²) in [6.45, 7) is 1.01. The zero-order chi connectivity index (χ0) is 12.2. The lowest BCUT2D eigenvalue weighted by atomic mass is 10.0. The summed E-state index contributed by atoms with van der Waals surface area (Å²) in [5, 5.41) is 3.46. The zero-order valence-electron chi connectivity index (χ0n) is 10.3. The molecular formula is C13H17N5. The molecule has 3 N–H and O–H groups in total. The number of aromatic nitrogens is 3. The lowest BCUT2D eigenvalue weighted by Crippen LogP contribution is -2.18. The molecule has 0 atom stereocenters. The first-order valence-corrected chi connectivity index (χ1v) is 6.60. The van der Waals surface area contributed by atoms with E-state index in [1.54, 1.807) is 12.4 Å². The van der Waals surface area contributed by atoms with Crippen LogP contribution in [0.3, 0.4) is 0 Å². The van der Waals surface area contributed by atoms with E-state index < -0.39 is 0 Å². The maximum absolute atomic E-state index is 5.81. The van der Waals surface area contributed by atoms with Crippen LogP contribution in [0.15, 0.2) is 18.6 Å². The lowest BCUT2D eigenvalue weighted by molar-refractivity contribution is 0.466. The van der Waals surface area contributed by atoms with Gasteiger partial charge in [0.05, 0.1) is 6.20 Å². The number of imidazole rings is 1. The molecule has 2 saturated carbocycles. The van der Waals surface area contributed by atoms with E-state index in [1.165, 1.54) is 25.7 Å². The van der Waals surface area contributed by atoms with Crippen molar-refractivity contribution < 1.29 is 0 Å². The number of nitrogens with two attached hydrogens (primary N) is 1. The third-order valence-corrected chi connectivity index (χ3v) is 4.34. The molecule has 4 rings (SSSR count). The van der Waals surface area contributed by atoms with Crippen molar-refractivity contribution in [2.75, 3.05) is 17.6 Å². The van der Waals surface area contributed by atoms with Gasteiger partial charge in [0.1, 0.15) is 5.82 Å². The number of anilines is 2. The molecule has 0 saturated heterocycles. The van der Waals surface area contributed by atoms with E-state index in [2.05, 4.69) is 15.3 Å². The Bertz CT molecular complexity index is 594. The van der Waals surface area contributed by atoms with Gasteiger partial charge in [-0.3, -0.25) is 0 Å². The number of nitrogens with one attached hydrogen (secondary N) is 1. The van der Waals surface area contributed by atoms with Crippen LogP contribution in [0.5, 0.6) is 0 Å². The van der Waals surface area contributed by atoms with E-state index in [9.17, 15) is 0 Å². The van der Waals surface area contributed by atoms with E-state index in [1.807, 2.05) is 10.6 Å². The van der Waals surface area contributed by atoms with Gasteiger partial charge in [-0.15, -0.1) is 0 Å². The molecule has 5 heteroatoms. The van der Waals surface area contributed by atoms with Crippen molar-refractivity contribution in [3.63, 3.8) is 0 Å². The Morgan fingerprint density at radius 1 is 1.44 bits per heavy atom. The van der Waals surface area contributed by atoms with Crippen molar-refractivity contribution in [1.29, 1.82) is 0 Å². The highest BCUT2D eigenvalue weighted by Gasteiger charge is 2.53. The van der Waals surface area contributed by atoms with Crippen LogP contribution >= 0.6 is 0 Å². The standard InChI is InChI=1S/C13H17N5/c14-10-7-18-6-5-15-12(18)11(17-10)16-8-13(3-4-13)9-1-2-9/h5-7,9H,1-4,8,14H2,(H,16,17). The molecule has 2 fully saturated rings. The number of hydrogen-bond donors (Lipinski definition) is 2. The molecule has 0 unspecified atom stereocenters. The maximum Gasteiger partial charge on any atom is 0.180 e. The van der Waals surface area contributed by atoms with Crippen molar-refractivity contribution >= 4 is 17.3 Å². The summed E-state index contributed by atoms with van der Waals surface area (Å²) in [7, 11) is 0. The summed E-state index contributed by atoms with van der Waals surface area (Å²) in [5.41, 5.74) is 7.22. The van der Waals surface area contributed by atoms with Gasteiger partial charge in [-0.1, -0.05) is 0 Å². The molecule has 0 aliphatic heterocycles. The van der Waals surface area contributed by atoms with Crippen LogP contribution in [-0.2, 0) is 0 Å². The van der Waals surface area contributed by atoms with Crippen LogP contribution in [0, 0.1) is 11.3 Å². The van der Waals surface area contributed by atoms with Gasteiger partial charge in [0.15, 0.2) is 11.5 Å². The van der Waals surface area contributed by atoms with E-state index in [0.717, 1.165) is 23.9 Å². The Morgan fingerprint density at radius 2 is 2.28 bits per heavy atom. The van der Waals surface area contributed by atoms with Crippen LogP contribution in [0.2, 0.25) is 0 Å². The van der Waals surface area contributed by atoms with Crippen LogP contribution < -0.4 is 11.1 Å². The molecule has 2 aromatic rings.